The molecule has 3 N–H and O–H groups in total. The maximum absolute atomic E-state index is 13.3. The van der Waals surface area contributed by atoms with E-state index in [2.05, 4.69) is 16.0 Å². The van der Waals surface area contributed by atoms with Crippen LogP contribution < -0.4 is 16.0 Å². The average Bonchev–Trinajstić information content (AvgIpc) is 3.51. The van der Waals surface area contributed by atoms with Crippen molar-refractivity contribution in [3.63, 3.8) is 0 Å². The lowest BCUT2D eigenvalue weighted by atomic mass is 10.0. The van der Waals surface area contributed by atoms with E-state index in [1.807, 2.05) is 51.1 Å². The molecule has 1 fully saturated rings. The van der Waals surface area contributed by atoms with Gasteiger partial charge in [-0.3, -0.25) is 19.2 Å². The highest BCUT2D eigenvalue weighted by atomic mass is 16.2. The molecule has 11 heteroatoms. The number of nitrogens with one attached hydrogen (secondary N) is 3. The molecule has 1 aromatic heterocycles. The second kappa shape index (κ2) is 12.2. The van der Waals surface area contributed by atoms with Crippen LogP contribution >= 0.6 is 0 Å². The van der Waals surface area contributed by atoms with Gasteiger partial charge in [0.1, 0.15) is 17.9 Å². The molecule has 2 aliphatic heterocycles. The minimum absolute atomic E-state index is 0.128. The van der Waals surface area contributed by atoms with E-state index in [9.17, 15) is 19.2 Å². The van der Waals surface area contributed by atoms with Gasteiger partial charge in [0.15, 0.2) is 5.82 Å². The highest BCUT2D eigenvalue weighted by Crippen LogP contribution is 2.20. The number of carbonyl (C=O) groups excluding carboxylic acids is 4. The van der Waals surface area contributed by atoms with Crippen LogP contribution in [0.5, 0.6) is 0 Å². The summed E-state index contributed by atoms with van der Waals surface area (Å²) in [5.74, 6) is 0.504. The highest BCUT2D eigenvalue weighted by molar-refractivity contribution is 5.91. The number of benzene rings is 1. The predicted octanol–water partition coefficient (Wildman–Crippen LogP) is 1.55. The van der Waals surface area contributed by atoms with E-state index in [0.717, 1.165) is 5.56 Å². The van der Waals surface area contributed by atoms with Crippen molar-refractivity contribution in [2.45, 2.75) is 77.5 Å². The van der Waals surface area contributed by atoms with Crippen LogP contribution in [0.25, 0.3) is 11.4 Å². The van der Waals surface area contributed by atoms with Gasteiger partial charge in [0, 0.05) is 31.5 Å². The van der Waals surface area contributed by atoms with Crippen molar-refractivity contribution < 1.29 is 19.2 Å². The summed E-state index contributed by atoms with van der Waals surface area (Å²) < 4.78 is 1.74. The highest BCUT2D eigenvalue weighted by Gasteiger charge is 2.32. The first-order valence-corrected chi connectivity index (χ1v) is 13.4. The number of fused-ring (bicyclic) bond motifs is 1. The summed E-state index contributed by atoms with van der Waals surface area (Å²) in [6, 6.07) is 7.85. The molecule has 11 nitrogen and oxygen atoms in total. The van der Waals surface area contributed by atoms with E-state index in [4.69, 9.17) is 10.1 Å². The van der Waals surface area contributed by atoms with Gasteiger partial charge in [0.25, 0.3) is 0 Å². The van der Waals surface area contributed by atoms with Crippen molar-refractivity contribution in [3.8, 4) is 11.4 Å². The summed E-state index contributed by atoms with van der Waals surface area (Å²) >= 11 is 0. The molecule has 0 spiro atoms. The lowest BCUT2D eigenvalue weighted by Crippen LogP contribution is -2.49. The minimum Gasteiger partial charge on any atom is -0.345 e. The summed E-state index contributed by atoms with van der Waals surface area (Å²) in [4.78, 5) is 57.4. The number of hydrogen-bond donors (Lipinski definition) is 3. The van der Waals surface area contributed by atoms with Gasteiger partial charge in [0.05, 0.1) is 12.6 Å². The second-order valence-electron chi connectivity index (χ2n) is 10.5. The van der Waals surface area contributed by atoms with E-state index in [-0.39, 0.29) is 36.0 Å². The summed E-state index contributed by atoms with van der Waals surface area (Å²) in [5, 5.41) is 13.4. The monoisotopic (exact) mass is 523 g/mol. The number of carbonyl (C=O) groups is 4. The Morgan fingerprint density at radius 2 is 1.74 bits per heavy atom. The summed E-state index contributed by atoms with van der Waals surface area (Å²) in [6.45, 7) is 6.87. The average molecular weight is 524 g/mol. The summed E-state index contributed by atoms with van der Waals surface area (Å²) in [6.07, 6.45) is 1.91. The van der Waals surface area contributed by atoms with E-state index >= 15 is 0 Å². The fourth-order valence-electron chi connectivity index (χ4n) is 4.89. The van der Waals surface area contributed by atoms with Gasteiger partial charge in [-0.25, -0.2) is 9.67 Å². The third-order valence-electron chi connectivity index (χ3n) is 6.86. The molecule has 0 aliphatic carbocycles. The Hall–Kier alpha value is -3.76. The molecular weight excluding hydrogens is 486 g/mol. The molecule has 2 aliphatic rings. The molecule has 1 aromatic carbocycles. The minimum atomic E-state index is -0.677. The van der Waals surface area contributed by atoms with Crippen molar-refractivity contribution >= 4 is 23.6 Å². The van der Waals surface area contributed by atoms with Crippen molar-refractivity contribution in [2.75, 3.05) is 13.1 Å². The predicted molar refractivity (Wildman–Crippen MR) is 140 cm³/mol. The van der Waals surface area contributed by atoms with Crippen LogP contribution in [0.4, 0.5) is 0 Å². The van der Waals surface area contributed by atoms with Gasteiger partial charge < -0.3 is 20.9 Å². The zero-order chi connectivity index (χ0) is 27.2. The summed E-state index contributed by atoms with van der Waals surface area (Å²) in [5.41, 5.74) is 0.843. The molecule has 0 saturated carbocycles. The molecule has 38 heavy (non-hydrogen) atoms. The van der Waals surface area contributed by atoms with Crippen LogP contribution in [0.2, 0.25) is 0 Å². The van der Waals surface area contributed by atoms with Crippen LogP contribution in [0, 0.1) is 5.92 Å². The molecule has 3 heterocycles. The van der Waals surface area contributed by atoms with Crippen molar-refractivity contribution in [1.29, 1.82) is 0 Å². The van der Waals surface area contributed by atoms with Gasteiger partial charge >= 0.3 is 0 Å². The molecule has 204 valence electrons. The maximum Gasteiger partial charge on any atom is 0.245 e. The van der Waals surface area contributed by atoms with Gasteiger partial charge in [-0.15, -0.1) is 0 Å². The standard InChI is InChI=1S/C27H37N7O4/c1-17(2)16-21-26(37)28-18(3)25-31-24(19-8-5-4-6-9-19)32-34(25)15-14-33(13-7-10-22(35)30-21)27(38)20-11-12-23(36)29-20/h4-6,8-9,17-18,20-21H,7,10-16H2,1-3H3,(H,28,37)(H,29,36)(H,30,35)/t18-,20-,21-/m1/s1. The molecule has 4 rings (SSSR count). The van der Waals surface area contributed by atoms with Crippen molar-refractivity contribution in [1.82, 2.24) is 35.6 Å². The summed E-state index contributed by atoms with van der Waals surface area (Å²) in [7, 11) is 0. The number of amides is 4. The maximum atomic E-state index is 13.3. The van der Waals surface area contributed by atoms with Crippen LogP contribution in [0.1, 0.15) is 64.7 Å². The Balaban J connectivity index is 1.65. The van der Waals surface area contributed by atoms with Crippen LogP contribution in [0.3, 0.4) is 0 Å². The first-order valence-electron chi connectivity index (χ1n) is 13.4. The van der Waals surface area contributed by atoms with E-state index in [1.165, 1.54) is 0 Å². The third kappa shape index (κ3) is 6.76. The quantitative estimate of drug-likeness (QED) is 0.556. The topological polar surface area (TPSA) is 138 Å². The van der Waals surface area contributed by atoms with Gasteiger partial charge in [-0.05, 0) is 32.1 Å². The fourth-order valence-corrected chi connectivity index (χ4v) is 4.89. The third-order valence-corrected chi connectivity index (χ3v) is 6.86. The zero-order valence-electron chi connectivity index (χ0n) is 22.3. The zero-order valence-corrected chi connectivity index (χ0v) is 22.3. The molecule has 2 aromatic rings. The normalized spacial score (nSPS) is 23.3. The lowest BCUT2D eigenvalue weighted by molar-refractivity contribution is -0.135. The molecular formula is C27H37N7O4. The molecule has 3 atom stereocenters. The van der Waals surface area contributed by atoms with Gasteiger partial charge in [-0.2, -0.15) is 5.10 Å². The second-order valence-corrected chi connectivity index (χ2v) is 10.5. The molecule has 1 saturated heterocycles. The first-order chi connectivity index (χ1) is 18.2. The van der Waals surface area contributed by atoms with E-state index in [1.54, 1.807) is 9.58 Å². The molecule has 0 radical (unpaired) electrons. The molecule has 4 amide bonds. The van der Waals surface area contributed by atoms with Crippen LogP contribution in [0.15, 0.2) is 30.3 Å². The lowest BCUT2D eigenvalue weighted by Gasteiger charge is -2.27. The van der Waals surface area contributed by atoms with Gasteiger partial charge in [-0.1, -0.05) is 44.2 Å². The van der Waals surface area contributed by atoms with Crippen molar-refractivity contribution in [3.05, 3.63) is 36.2 Å². The largest absolute Gasteiger partial charge is 0.345 e. The number of hydrogen-bond acceptors (Lipinski definition) is 6. The Morgan fingerprint density at radius 3 is 2.42 bits per heavy atom. The van der Waals surface area contributed by atoms with E-state index in [0.29, 0.717) is 57.0 Å². The Morgan fingerprint density at radius 1 is 1.00 bits per heavy atom. The van der Waals surface area contributed by atoms with Crippen molar-refractivity contribution in [2.24, 2.45) is 5.92 Å². The molecule has 0 unspecified atom stereocenters. The fraction of sp³-hybridized carbons (Fsp3) is 0.556. The number of aromatic nitrogens is 3. The smallest absolute Gasteiger partial charge is 0.245 e. The number of nitrogens with zero attached hydrogens (tertiary/aromatic N) is 4. The Kier molecular flexibility index (Phi) is 8.75. The van der Waals surface area contributed by atoms with E-state index < -0.39 is 18.1 Å². The number of rotatable bonds is 4. The first kappa shape index (κ1) is 27.3. The van der Waals surface area contributed by atoms with Crippen LogP contribution in [-0.4, -0.2) is 68.5 Å². The van der Waals surface area contributed by atoms with Gasteiger partial charge in [0.2, 0.25) is 23.6 Å². The Labute approximate surface area is 222 Å². The van der Waals surface area contributed by atoms with Crippen LogP contribution in [-0.2, 0) is 25.7 Å². The molecule has 0 bridgehead atoms. The Bertz CT molecular complexity index is 1160. The SMILES string of the molecule is CC(C)C[C@H]1NC(=O)CCCN(C(=O)[C@H]2CCC(=O)N2)CCn2nc(-c3ccccc3)nc2[C@@H](C)NC1=O.